The minimum atomic E-state index is 0.0123. The Kier molecular flexibility index (Phi) is 6.20. The van der Waals surface area contributed by atoms with Crippen molar-refractivity contribution in [1.82, 2.24) is 5.32 Å². The summed E-state index contributed by atoms with van der Waals surface area (Å²) in [4.78, 5) is 14.9. The number of hydrogen-bond donors (Lipinski definition) is 2. The van der Waals surface area contributed by atoms with Gasteiger partial charge >= 0.3 is 0 Å². The third-order valence-electron chi connectivity index (χ3n) is 5.38. The molecular weight excluding hydrogens is 366 g/mol. The van der Waals surface area contributed by atoms with Crippen LogP contribution in [-0.4, -0.2) is 38.3 Å². The third kappa shape index (κ3) is 5.01. The van der Waals surface area contributed by atoms with E-state index in [1.54, 1.807) is 0 Å². The fraction of sp³-hybridized carbons (Fsp3) is 0.435. The van der Waals surface area contributed by atoms with Crippen LogP contribution in [0.15, 0.2) is 42.5 Å². The topological polar surface area (TPSA) is 62.8 Å². The van der Waals surface area contributed by atoms with Crippen LogP contribution in [0.25, 0.3) is 0 Å². The number of para-hydroxylation sites is 1. The van der Waals surface area contributed by atoms with E-state index in [2.05, 4.69) is 27.7 Å². The van der Waals surface area contributed by atoms with Crippen LogP contribution in [0.4, 0.5) is 11.4 Å². The predicted octanol–water partition coefficient (Wildman–Crippen LogP) is 3.56. The summed E-state index contributed by atoms with van der Waals surface area (Å²) in [6, 6.07) is 14.1. The lowest BCUT2D eigenvalue weighted by Crippen LogP contribution is -2.30. The zero-order chi connectivity index (χ0) is 20.1. The maximum atomic E-state index is 12.5. The fourth-order valence-corrected chi connectivity index (χ4v) is 3.88. The Bertz CT molecular complexity index is 849. The summed E-state index contributed by atoms with van der Waals surface area (Å²) in [6.45, 7) is 5.99. The van der Waals surface area contributed by atoms with Gasteiger partial charge in [-0.15, -0.1) is 0 Å². The first-order valence-electron chi connectivity index (χ1n) is 10.4. The highest BCUT2D eigenvalue weighted by Crippen LogP contribution is 2.33. The molecule has 154 valence electrons. The zero-order valence-corrected chi connectivity index (χ0v) is 16.9. The molecule has 2 aliphatic rings. The van der Waals surface area contributed by atoms with Crippen LogP contribution >= 0.6 is 0 Å². The number of hydrogen-bond acceptors (Lipinski definition) is 5. The minimum Gasteiger partial charge on any atom is -0.486 e. The van der Waals surface area contributed by atoms with Crippen molar-refractivity contribution < 1.29 is 14.3 Å². The van der Waals surface area contributed by atoms with Gasteiger partial charge in [-0.05, 0) is 44.0 Å². The maximum Gasteiger partial charge on any atom is 0.225 e. The molecule has 1 fully saturated rings. The van der Waals surface area contributed by atoms with E-state index in [1.165, 1.54) is 18.5 Å². The van der Waals surface area contributed by atoms with Gasteiger partial charge in [0.15, 0.2) is 11.5 Å². The number of nitrogens with one attached hydrogen (secondary N) is 2. The van der Waals surface area contributed by atoms with Crippen LogP contribution in [-0.2, 0) is 11.3 Å². The first-order valence-corrected chi connectivity index (χ1v) is 10.4. The lowest BCUT2D eigenvalue weighted by atomic mass is 10.1. The largest absolute Gasteiger partial charge is 0.486 e. The second kappa shape index (κ2) is 9.18. The third-order valence-corrected chi connectivity index (χ3v) is 5.38. The number of amides is 1. The van der Waals surface area contributed by atoms with Crippen molar-refractivity contribution in [2.24, 2.45) is 0 Å². The lowest BCUT2D eigenvalue weighted by molar-refractivity contribution is -0.116. The van der Waals surface area contributed by atoms with Crippen molar-refractivity contribution >= 4 is 17.3 Å². The monoisotopic (exact) mass is 395 g/mol. The second-order valence-corrected chi connectivity index (χ2v) is 7.72. The molecule has 1 saturated heterocycles. The summed E-state index contributed by atoms with van der Waals surface area (Å²) in [5, 5.41) is 6.45. The number of benzene rings is 2. The average molecular weight is 396 g/mol. The fourth-order valence-electron chi connectivity index (χ4n) is 3.88. The van der Waals surface area contributed by atoms with Gasteiger partial charge in [0, 0.05) is 49.0 Å². The van der Waals surface area contributed by atoms with E-state index < -0.39 is 0 Å². The van der Waals surface area contributed by atoms with Crippen molar-refractivity contribution in [3.8, 4) is 11.5 Å². The Balaban J connectivity index is 1.28. The Morgan fingerprint density at radius 1 is 1.10 bits per heavy atom. The average Bonchev–Trinajstić information content (AvgIpc) is 3.27. The molecule has 1 unspecified atom stereocenters. The first-order chi connectivity index (χ1) is 14.2. The molecule has 1 amide bonds. The minimum absolute atomic E-state index is 0.0123. The molecule has 0 saturated carbocycles. The molecule has 29 heavy (non-hydrogen) atoms. The van der Waals surface area contributed by atoms with E-state index in [0.717, 1.165) is 35.8 Å². The molecule has 2 aromatic rings. The summed E-state index contributed by atoms with van der Waals surface area (Å²) in [5.41, 5.74) is 3.09. The van der Waals surface area contributed by atoms with Crippen LogP contribution in [0.3, 0.4) is 0 Å². The molecule has 2 aromatic carbocycles. The summed E-state index contributed by atoms with van der Waals surface area (Å²) in [6.07, 6.45) is 2.88. The predicted molar refractivity (Wildman–Crippen MR) is 115 cm³/mol. The normalized spacial score (nSPS) is 16.5. The zero-order valence-electron chi connectivity index (χ0n) is 16.9. The van der Waals surface area contributed by atoms with Crippen LogP contribution in [0, 0.1) is 0 Å². The van der Waals surface area contributed by atoms with Crippen molar-refractivity contribution in [2.45, 2.75) is 38.8 Å². The Hall–Kier alpha value is -2.73. The van der Waals surface area contributed by atoms with Gasteiger partial charge in [-0.25, -0.2) is 0 Å². The van der Waals surface area contributed by atoms with Gasteiger partial charge < -0.3 is 25.0 Å². The van der Waals surface area contributed by atoms with Crippen molar-refractivity contribution in [3.05, 3.63) is 48.0 Å². The molecular formula is C23H29N3O3. The van der Waals surface area contributed by atoms with Crippen LogP contribution in [0.2, 0.25) is 0 Å². The highest BCUT2D eigenvalue weighted by molar-refractivity contribution is 5.91. The molecule has 2 N–H and O–H groups in total. The van der Waals surface area contributed by atoms with Crippen molar-refractivity contribution in [3.63, 3.8) is 0 Å². The molecule has 2 heterocycles. The van der Waals surface area contributed by atoms with Crippen molar-refractivity contribution in [2.75, 3.05) is 36.5 Å². The van der Waals surface area contributed by atoms with E-state index in [0.29, 0.717) is 26.2 Å². The molecule has 0 aromatic heterocycles. The van der Waals surface area contributed by atoms with Gasteiger partial charge in [-0.3, -0.25) is 4.79 Å². The number of carbonyl (C=O) groups is 1. The highest BCUT2D eigenvalue weighted by Gasteiger charge is 2.17. The number of nitrogens with zero attached hydrogens (tertiary/aromatic N) is 1. The van der Waals surface area contributed by atoms with E-state index >= 15 is 0 Å². The van der Waals surface area contributed by atoms with Gasteiger partial charge in [-0.2, -0.15) is 0 Å². The molecule has 0 radical (unpaired) electrons. The Morgan fingerprint density at radius 3 is 2.76 bits per heavy atom. The van der Waals surface area contributed by atoms with Crippen molar-refractivity contribution in [1.29, 1.82) is 0 Å². The maximum absolute atomic E-state index is 12.5. The highest BCUT2D eigenvalue weighted by atomic mass is 16.6. The van der Waals surface area contributed by atoms with Crippen LogP contribution in [0.5, 0.6) is 11.5 Å². The molecule has 2 aliphatic heterocycles. The van der Waals surface area contributed by atoms with Gasteiger partial charge in [0.05, 0.1) is 0 Å². The van der Waals surface area contributed by atoms with Gasteiger partial charge in [0.2, 0.25) is 5.91 Å². The number of rotatable bonds is 7. The number of carbonyl (C=O) groups excluding carboxylic acids is 1. The molecule has 0 spiro atoms. The lowest BCUT2D eigenvalue weighted by Gasteiger charge is -2.22. The van der Waals surface area contributed by atoms with E-state index in [4.69, 9.17) is 9.47 Å². The Morgan fingerprint density at radius 2 is 1.90 bits per heavy atom. The summed E-state index contributed by atoms with van der Waals surface area (Å²) in [5.74, 6) is 1.61. The quantitative estimate of drug-likeness (QED) is 0.751. The second-order valence-electron chi connectivity index (χ2n) is 7.72. The first kappa shape index (κ1) is 19.6. The van der Waals surface area contributed by atoms with E-state index in [1.807, 2.05) is 37.3 Å². The molecule has 4 rings (SSSR count). The summed E-state index contributed by atoms with van der Waals surface area (Å²) < 4.78 is 11.4. The molecule has 1 atom stereocenters. The summed E-state index contributed by atoms with van der Waals surface area (Å²) in [7, 11) is 0. The number of ether oxygens (including phenoxy) is 2. The molecule has 0 bridgehead atoms. The summed E-state index contributed by atoms with van der Waals surface area (Å²) >= 11 is 0. The molecule has 6 nitrogen and oxygen atoms in total. The van der Waals surface area contributed by atoms with Crippen LogP contribution in [0.1, 0.15) is 31.7 Å². The Labute approximate surface area is 172 Å². The van der Waals surface area contributed by atoms with Gasteiger partial charge in [0.1, 0.15) is 13.2 Å². The smallest absolute Gasteiger partial charge is 0.225 e. The van der Waals surface area contributed by atoms with E-state index in [-0.39, 0.29) is 11.9 Å². The van der Waals surface area contributed by atoms with Gasteiger partial charge in [-0.1, -0.05) is 18.2 Å². The number of fused-ring (bicyclic) bond motifs is 1. The molecule has 6 heteroatoms. The van der Waals surface area contributed by atoms with E-state index in [9.17, 15) is 4.79 Å². The number of anilines is 2. The van der Waals surface area contributed by atoms with Gasteiger partial charge in [0.25, 0.3) is 0 Å². The standard InChI is InChI=1S/C23H29N3O3/c1-17(24-16-18-6-4-9-21-23(18)29-13-12-28-21)14-22(27)25-19-7-5-8-20(15-19)26-10-2-3-11-26/h4-9,15,17,24H,2-3,10-14,16H2,1H3,(H,25,27). The molecule has 0 aliphatic carbocycles. The SMILES string of the molecule is CC(CC(=O)Nc1cccc(N2CCCC2)c1)NCc1cccc2c1OCCO2. The van der Waals surface area contributed by atoms with Crippen LogP contribution < -0.4 is 25.0 Å².